The maximum absolute atomic E-state index is 11.0. The lowest BCUT2D eigenvalue weighted by atomic mass is 10.1. The van der Waals surface area contributed by atoms with Crippen molar-refractivity contribution in [3.05, 3.63) is 58.4 Å². The zero-order valence-electron chi connectivity index (χ0n) is 11.4. The summed E-state index contributed by atoms with van der Waals surface area (Å²) in [6.07, 6.45) is 0.728. The molecule has 0 amide bonds. The third kappa shape index (κ3) is 3.19. The number of pyridine rings is 1. The number of ether oxygens (including phenoxy) is 1. The summed E-state index contributed by atoms with van der Waals surface area (Å²) in [4.78, 5) is 15.1. The van der Waals surface area contributed by atoms with Crippen molar-refractivity contribution in [3.8, 4) is 5.75 Å². The standard InChI is InChI=1S/C16H17NO2/c1-11-4-5-12(2)14(8-11)10-19-16-7-6-13(3)17-15(16)9-18/h4-9H,10H2,1-3H3. The number of carbonyl (C=O) groups excluding carboxylic acids is 1. The van der Waals surface area contributed by atoms with Gasteiger partial charge in [-0.25, -0.2) is 4.98 Å². The molecule has 0 spiro atoms. The van der Waals surface area contributed by atoms with Crippen LogP contribution >= 0.6 is 0 Å². The number of hydrogen-bond donors (Lipinski definition) is 0. The highest BCUT2D eigenvalue weighted by Crippen LogP contribution is 2.18. The molecule has 3 heteroatoms. The lowest BCUT2D eigenvalue weighted by Gasteiger charge is -2.11. The van der Waals surface area contributed by atoms with Crippen molar-refractivity contribution < 1.29 is 9.53 Å². The third-order valence-electron chi connectivity index (χ3n) is 3.02. The summed E-state index contributed by atoms with van der Waals surface area (Å²) in [6, 6.07) is 9.87. The zero-order chi connectivity index (χ0) is 13.8. The van der Waals surface area contributed by atoms with Crippen LogP contribution in [0.15, 0.2) is 30.3 Å². The predicted molar refractivity (Wildman–Crippen MR) is 74.6 cm³/mol. The Labute approximate surface area is 113 Å². The van der Waals surface area contributed by atoms with Gasteiger partial charge in [0, 0.05) is 5.69 Å². The van der Waals surface area contributed by atoms with Crippen molar-refractivity contribution in [1.82, 2.24) is 4.98 Å². The number of aromatic nitrogens is 1. The molecule has 19 heavy (non-hydrogen) atoms. The Balaban J connectivity index is 2.18. The smallest absolute Gasteiger partial charge is 0.172 e. The summed E-state index contributed by atoms with van der Waals surface area (Å²) < 4.78 is 5.71. The van der Waals surface area contributed by atoms with Crippen LogP contribution in [0.4, 0.5) is 0 Å². The van der Waals surface area contributed by atoms with E-state index in [1.54, 1.807) is 6.07 Å². The van der Waals surface area contributed by atoms with Gasteiger partial charge < -0.3 is 4.74 Å². The molecule has 0 saturated carbocycles. The molecule has 3 nitrogen and oxygen atoms in total. The molecule has 0 unspecified atom stereocenters. The fourth-order valence-corrected chi connectivity index (χ4v) is 1.88. The SMILES string of the molecule is Cc1ccc(C)c(COc2ccc(C)nc2C=O)c1. The lowest BCUT2D eigenvalue weighted by molar-refractivity contribution is 0.111. The highest BCUT2D eigenvalue weighted by Gasteiger charge is 2.06. The molecule has 2 rings (SSSR count). The van der Waals surface area contributed by atoms with Gasteiger partial charge in [-0.2, -0.15) is 0 Å². The second kappa shape index (κ2) is 5.65. The first kappa shape index (κ1) is 13.3. The first-order valence-corrected chi connectivity index (χ1v) is 6.22. The van der Waals surface area contributed by atoms with Gasteiger partial charge in [-0.05, 0) is 44.0 Å². The fourth-order valence-electron chi connectivity index (χ4n) is 1.88. The molecule has 2 aromatic rings. The Morgan fingerprint density at radius 1 is 1.16 bits per heavy atom. The fraction of sp³-hybridized carbons (Fsp3) is 0.250. The highest BCUT2D eigenvalue weighted by atomic mass is 16.5. The van der Waals surface area contributed by atoms with Crippen LogP contribution in [0, 0.1) is 20.8 Å². The van der Waals surface area contributed by atoms with Crippen molar-refractivity contribution >= 4 is 6.29 Å². The monoisotopic (exact) mass is 255 g/mol. The quantitative estimate of drug-likeness (QED) is 0.786. The molecular formula is C16H17NO2. The van der Waals surface area contributed by atoms with Crippen molar-refractivity contribution in [3.63, 3.8) is 0 Å². The van der Waals surface area contributed by atoms with Gasteiger partial charge in [0.2, 0.25) is 0 Å². The van der Waals surface area contributed by atoms with Crippen LogP contribution in [0.2, 0.25) is 0 Å². The number of rotatable bonds is 4. The van der Waals surface area contributed by atoms with Crippen molar-refractivity contribution in [2.24, 2.45) is 0 Å². The van der Waals surface area contributed by atoms with Crippen LogP contribution in [0.25, 0.3) is 0 Å². The molecular weight excluding hydrogens is 238 g/mol. The van der Waals surface area contributed by atoms with E-state index >= 15 is 0 Å². The maximum atomic E-state index is 11.0. The largest absolute Gasteiger partial charge is 0.487 e. The minimum atomic E-state index is 0.352. The molecule has 1 heterocycles. The average molecular weight is 255 g/mol. The second-order valence-corrected chi connectivity index (χ2v) is 4.67. The van der Waals surface area contributed by atoms with Crippen LogP contribution in [0.5, 0.6) is 5.75 Å². The van der Waals surface area contributed by atoms with E-state index in [9.17, 15) is 4.79 Å². The number of nitrogens with zero attached hydrogens (tertiary/aromatic N) is 1. The Hall–Kier alpha value is -2.16. The number of benzene rings is 1. The van der Waals surface area contributed by atoms with Crippen LogP contribution in [-0.4, -0.2) is 11.3 Å². The third-order valence-corrected chi connectivity index (χ3v) is 3.02. The molecule has 0 aliphatic rings. The maximum Gasteiger partial charge on any atom is 0.172 e. The number of aryl methyl sites for hydroxylation is 3. The molecule has 0 aliphatic carbocycles. The van der Waals surface area contributed by atoms with E-state index in [2.05, 4.69) is 23.2 Å². The number of carbonyl (C=O) groups is 1. The molecule has 98 valence electrons. The first-order valence-electron chi connectivity index (χ1n) is 6.22. The highest BCUT2D eigenvalue weighted by molar-refractivity contribution is 5.76. The molecule has 0 atom stereocenters. The topological polar surface area (TPSA) is 39.2 Å². The molecule has 0 radical (unpaired) electrons. The van der Waals surface area contributed by atoms with E-state index in [-0.39, 0.29) is 0 Å². The van der Waals surface area contributed by atoms with E-state index in [1.165, 1.54) is 11.1 Å². The van der Waals surface area contributed by atoms with Crippen LogP contribution in [-0.2, 0) is 6.61 Å². The molecule has 0 fully saturated rings. The van der Waals surface area contributed by atoms with Gasteiger partial charge in [0.25, 0.3) is 0 Å². The predicted octanol–water partition coefficient (Wildman–Crippen LogP) is 3.40. The van der Waals surface area contributed by atoms with Gasteiger partial charge in [0.15, 0.2) is 6.29 Å². The Bertz CT molecular complexity index is 606. The molecule has 1 aromatic heterocycles. The van der Waals surface area contributed by atoms with Gasteiger partial charge in [0.1, 0.15) is 18.1 Å². The van der Waals surface area contributed by atoms with Crippen LogP contribution < -0.4 is 4.74 Å². The second-order valence-electron chi connectivity index (χ2n) is 4.67. The summed E-state index contributed by atoms with van der Waals surface area (Å²) in [5.74, 6) is 0.529. The van der Waals surface area contributed by atoms with Crippen LogP contribution in [0.1, 0.15) is 32.9 Å². The molecule has 0 aliphatic heterocycles. The minimum absolute atomic E-state index is 0.352. The Morgan fingerprint density at radius 3 is 2.68 bits per heavy atom. The van der Waals surface area contributed by atoms with E-state index in [0.29, 0.717) is 18.1 Å². The lowest BCUT2D eigenvalue weighted by Crippen LogP contribution is -2.02. The van der Waals surface area contributed by atoms with Gasteiger partial charge >= 0.3 is 0 Å². The molecule has 1 aromatic carbocycles. The van der Waals surface area contributed by atoms with E-state index < -0.39 is 0 Å². The first-order chi connectivity index (χ1) is 9.10. The number of aldehydes is 1. The average Bonchev–Trinajstić information content (AvgIpc) is 2.40. The summed E-state index contributed by atoms with van der Waals surface area (Å²) in [6.45, 7) is 6.39. The summed E-state index contributed by atoms with van der Waals surface area (Å²) in [7, 11) is 0. The van der Waals surface area contributed by atoms with Crippen molar-refractivity contribution in [2.75, 3.05) is 0 Å². The molecule has 0 bridgehead atoms. The van der Waals surface area contributed by atoms with Gasteiger partial charge in [-0.3, -0.25) is 4.79 Å². The molecule has 0 N–H and O–H groups in total. The van der Waals surface area contributed by atoms with Crippen molar-refractivity contribution in [1.29, 1.82) is 0 Å². The van der Waals surface area contributed by atoms with E-state index in [1.807, 2.05) is 26.8 Å². The Kier molecular flexibility index (Phi) is 3.95. The van der Waals surface area contributed by atoms with E-state index in [4.69, 9.17) is 4.74 Å². The molecule has 0 saturated heterocycles. The van der Waals surface area contributed by atoms with Gasteiger partial charge in [0.05, 0.1) is 0 Å². The van der Waals surface area contributed by atoms with Gasteiger partial charge in [-0.15, -0.1) is 0 Å². The summed E-state index contributed by atoms with van der Waals surface area (Å²) in [5.41, 5.74) is 4.66. The Morgan fingerprint density at radius 2 is 1.95 bits per heavy atom. The van der Waals surface area contributed by atoms with Crippen LogP contribution in [0.3, 0.4) is 0 Å². The van der Waals surface area contributed by atoms with Gasteiger partial charge in [-0.1, -0.05) is 23.8 Å². The number of hydrogen-bond acceptors (Lipinski definition) is 3. The normalized spacial score (nSPS) is 10.3. The van der Waals surface area contributed by atoms with Crippen molar-refractivity contribution in [2.45, 2.75) is 27.4 Å². The zero-order valence-corrected chi connectivity index (χ0v) is 11.4. The minimum Gasteiger partial charge on any atom is -0.487 e. The van der Waals surface area contributed by atoms with E-state index in [0.717, 1.165) is 17.5 Å². The summed E-state index contributed by atoms with van der Waals surface area (Å²) in [5, 5.41) is 0. The summed E-state index contributed by atoms with van der Waals surface area (Å²) >= 11 is 0.